The van der Waals surface area contributed by atoms with E-state index in [9.17, 15) is 0 Å². The molecule has 5 heteroatoms. The minimum atomic E-state index is 0.174. The molecule has 0 saturated heterocycles. The number of hydrogen-bond donors (Lipinski definition) is 1. The summed E-state index contributed by atoms with van der Waals surface area (Å²) in [6.45, 7) is 5.96. The van der Waals surface area contributed by atoms with E-state index < -0.39 is 0 Å². The summed E-state index contributed by atoms with van der Waals surface area (Å²) in [7, 11) is 0. The van der Waals surface area contributed by atoms with Gasteiger partial charge in [0, 0.05) is 17.3 Å². The Hall–Kier alpha value is -1.49. The molecule has 0 aliphatic carbocycles. The van der Waals surface area contributed by atoms with Crippen LogP contribution < -0.4 is 5.32 Å². The van der Waals surface area contributed by atoms with Gasteiger partial charge in [0.2, 0.25) is 0 Å². The molecule has 4 nitrogen and oxygen atoms in total. The lowest BCUT2D eigenvalue weighted by Crippen LogP contribution is -2.08. The van der Waals surface area contributed by atoms with Gasteiger partial charge in [-0.15, -0.1) is 11.3 Å². The Morgan fingerprint density at radius 2 is 2.12 bits per heavy atom. The van der Waals surface area contributed by atoms with Crippen molar-refractivity contribution < 1.29 is 0 Å². The van der Waals surface area contributed by atoms with Crippen molar-refractivity contribution in [2.24, 2.45) is 0 Å². The van der Waals surface area contributed by atoms with Crippen molar-refractivity contribution in [1.29, 1.82) is 0 Å². The maximum atomic E-state index is 4.44. The zero-order valence-electron chi connectivity index (χ0n) is 9.56. The highest BCUT2D eigenvalue weighted by atomic mass is 32.1. The van der Waals surface area contributed by atoms with Crippen LogP contribution in [-0.4, -0.2) is 15.0 Å². The summed E-state index contributed by atoms with van der Waals surface area (Å²) >= 11 is 1.66. The summed E-state index contributed by atoms with van der Waals surface area (Å²) in [6, 6.07) is 2.04. The Bertz CT molecular complexity index is 480. The molecule has 16 heavy (non-hydrogen) atoms. The van der Waals surface area contributed by atoms with E-state index in [1.165, 1.54) is 0 Å². The summed E-state index contributed by atoms with van der Waals surface area (Å²) < 4.78 is 0. The molecule has 0 fully saturated rings. The van der Waals surface area contributed by atoms with Crippen LogP contribution in [0.1, 0.15) is 29.5 Å². The van der Waals surface area contributed by atoms with Crippen LogP contribution in [-0.2, 0) is 0 Å². The number of anilines is 1. The summed E-state index contributed by atoms with van der Waals surface area (Å²) in [4.78, 5) is 12.8. The molecule has 2 heterocycles. The fourth-order valence-electron chi connectivity index (χ4n) is 1.39. The lowest BCUT2D eigenvalue weighted by Gasteiger charge is -2.11. The Morgan fingerprint density at radius 3 is 2.75 bits per heavy atom. The fourth-order valence-corrected chi connectivity index (χ4v) is 2.19. The van der Waals surface area contributed by atoms with Crippen LogP contribution in [0.25, 0.3) is 0 Å². The molecule has 2 rings (SSSR count). The molecule has 0 aliphatic rings. The molecular formula is C11H14N4S. The molecule has 0 spiro atoms. The van der Waals surface area contributed by atoms with Gasteiger partial charge in [0.05, 0.1) is 6.04 Å². The van der Waals surface area contributed by atoms with Crippen LogP contribution in [0, 0.1) is 13.8 Å². The second kappa shape index (κ2) is 4.57. The van der Waals surface area contributed by atoms with E-state index in [-0.39, 0.29) is 6.04 Å². The first-order chi connectivity index (χ1) is 7.65. The van der Waals surface area contributed by atoms with E-state index in [4.69, 9.17) is 0 Å². The third-order valence-corrected chi connectivity index (χ3v) is 3.29. The third kappa shape index (κ3) is 2.55. The molecule has 1 atom stereocenters. The minimum absolute atomic E-state index is 0.174. The van der Waals surface area contributed by atoms with Crippen molar-refractivity contribution in [2.45, 2.75) is 26.8 Å². The summed E-state index contributed by atoms with van der Waals surface area (Å²) in [5.74, 6) is 1.61. The highest BCUT2D eigenvalue weighted by Gasteiger charge is 2.09. The SMILES string of the molecule is Cc1csc(C(C)Nc2ccnc(C)n2)n1. The maximum Gasteiger partial charge on any atom is 0.130 e. The van der Waals surface area contributed by atoms with E-state index in [2.05, 4.69) is 32.6 Å². The highest BCUT2D eigenvalue weighted by Crippen LogP contribution is 2.20. The van der Waals surface area contributed by atoms with Crippen LogP contribution in [0.2, 0.25) is 0 Å². The molecule has 0 saturated carbocycles. The predicted octanol–water partition coefficient (Wildman–Crippen LogP) is 2.72. The largest absolute Gasteiger partial charge is 0.361 e. The average Bonchev–Trinajstić information content (AvgIpc) is 2.65. The van der Waals surface area contributed by atoms with Crippen LogP contribution in [0.5, 0.6) is 0 Å². The molecule has 1 N–H and O–H groups in total. The molecule has 0 aliphatic heterocycles. The number of aromatic nitrogens is 3. The normalized spacial score (nSPS) is 12.4. The molecule has 0 amide bonds. The van der Waals surface area contributed by atoms with E-state index in [0.29, 0.717) is 0 Å². The van der Waals surface area contributed by atoms with Gasteiger partial charge in [-0.1, -0.05) is 0 Å². The van der Waals surface area contributed by atoms with Crippen LogP contribution >= 0.6 is 11.3 Å². The summed E-state index contributed by atoms with van der Waals surface area (Å²) in [5, 5.41) is 6.44. The Balaban J connectivity index is 2.10. The molecule has 84 valence electrons. The lowest BCUT2D eigenvalue weighted by atomic mass is 10.3. The zero-order valence-corrected chi connectivity index (χ0v) is 10.4. The highest BCUT2D eigenvalue weighted by molar-refractivity contribution is 7.09. The molecule has 0 radical (unpaired) electrons. The Kier molecular flexibility index (Phi) is 3.14. The lowest BCUT2D eigenvalue weighted by molar-refractivity contribution is 0.849. The molecule has 1 unspecified atom stereocenters. The fraction of sp³-hybridized carbons (Fsp3) is 0.364. The standard InChI is InChI=1S/C11H14N4S/c1-7-6-16-11(13-7)8(2)14-10-4-5-12-9(3)15-10/h4-6,8H,1-3H3,(H,12,14,15). The first kappa shape index (κ1) is 11.0. The third-order valence-electron chi connectivity index (χ3n) is 2.15. The van der Waals surface area contributed by atoms with Crippen molar-refractivity contribution in [2.75, 3.05) is 5.32 Å². The quantitative estimate of drug-likeness (QED) is 0.887. The molecule has 2 aromatic rings. The van der Waals surface area contributed by atoms with Gasteiger partial charge >= 0.3 is 0 Å². The van der Waals surface area contributed by atoms with E-state index in [0.717, 1.165) is 22.3 Å². The first-order valence-corrected chi connectivity index (χ1v) is 6.01. The zero-order chi connectivity index (χ0) is 11.5. The number of rotatable bonds is 3. The number of aryl methyl sites for hydroxylation is 2. The monoisotopic (exact) mass is 234 g/mol. The topological polar surface area (TPSA) is 50.7 Å². The summed E-state index contributed by atoms with van der Waals surface area (Å²) in [5.41, 5.74) is 1.06. The second-order valence-corrected chi connectivity index (χ2v) is 4.57. The van der Waals surface area contributed by atoms with Gasteiger partial charge in [-0.3, -0.25) is 0 Å². The van der Waals surface area contributed by atoms with Crippen molar-refractivity contribution in [3.8, 4) is 0 Å². The Labute approximate surface area is 98.8 Å². The van der Waals surface area contributed by atoms with Crippen molar-refractivity contribution in [1.82, 2.24) is 15.0 Å². The van der Waals surface area contributed by atoms with E-state index in [1.54, 1.807) is 17.5 Å². The van der Waals surface area contributed by atoms with Gasteiger partial charge in [-0.05, 0) is 26.8 Å². The van der Waals surface area contributed by atoms with Gasteiger partial charge in [0.15, 0.2) is 0 Å². The minimum Gasteiger partial charge on any atom is -0.361 e. The van der Waals surface area contributed by atoms with Gasteiger partial charge in [0.1, 0.15) is 16.6 Å². The number of hydrogen-bond acceptors (Lipinski definition) is 5. The van der Waals surface area contributed by atoms with E-state index >= 15 is 0 Å². The molecular weight excluding hydrogens is 220 g/mol. The van der Waals surface area contributed by atoms with Gasteiger partial charge in [-0.2, -0.15) is 0 Å². The second-order valence-electron chi connectivity index (χ2n) is 3.68. The van der Waals surface area contributed by atoms with Gasteiger partial charge < -0.3 is 5.32 Å². The smallest absolute Gasteiger partial charge is 0.130 e. The number of nitrogens with one attached hydrogen (secondary N) is 1. The van der Waals surface area contributed by atoms with Gasteiger partial charge in [-0.25, -0.2) is 15.0 Å². The number of nitrogens with zero attached hydrogens (tertiary/aromatic N) is 3. The van der Waals surface area contributed by atoms with Crippen molar-refractivity contribution >= 4 is 17.2 Å². The summed E-state index contributed by atoms with van der Waals surface area (Å²) in [6.07, 6.45) is 1.75. The predicted molar refractivity (Wildman–Crippen MR) is 65.7 cm³/mol. The van der Waals surface area contributed by atoms with E-state index in [1.807, 2.05) is 19.9 Å². The van der Waals surface area contributed by atoms with Crippen LogP contribution in [0.3, 0.4) is 0 Å². The van der Waals surface area contributed by atoms with Crippen LogP contribution in [0.15, 0.2) is 17.6 Å². The van der Waals surface area contributed by atoms with Crippen molar-refractivity contribution in [3.05, 3.63) is 34.2 Å². The maximum absolute atomic E-state index is 4.44. The van der Waals surface area contributed by atoms with Gasteiger partial charge in [0.25, 0.3) is 0 Å². The molecule has 0 bridgehead atoms. The molecule has 2 aromatic heterocycles. The first-order valence-electron chi connectivity index (χ1n) is 5.13. The number of thiazole rings is 1. The average molecular weight is 234 g/mol. The molecule has 0 aromatic carbocycles. The van der Waals surface area contributed by atoms with Crippen LogP contribution in [0.4, 0.5) is 5.82 Å². The van der Waals surface area contributed by atoms with Crippen molar-refractivity contribution in [3.63, 3.8) is 0 Å². The Morgan fingerprint density at radius 1 is 1.31 bits per heavy atom.